The SMILES string of the molecule is [2H]c1c([2H])c([2H])c2c(oc3c([2H])c(-c4nc(-c5ccccc5)nc(-c5ccc(-c6ccccc6)cc5)n4)c([2H])c([2H])c32)c1-c1cccc2sc3ccccc3c12. The summed E-state index contributed by atoms with van der Waals surface area (Å²) in [5.41, 5.74) is 4.48. The van der Waals surface area contributed by atoms with Crippen molar-refractivity contribution in [3.05, 3.63) is 164 Å². The van der Waals surface area contributed by atoms with Crippen LogP contribution in [0.2, 0.25) is 0 Å². The molecule has 0 N–H and O–H groups in total. The Balaban J connectivity index is 1.22. The zero-order valence-corrected chi connectivity index (χ0v) is 27.1. The van der Waals surface area contributed by atoms with E-state index in [9.17, 15) is 4.11 Å². The molecule has 234 valence electrons. The first-order valence-corrected chi connectivity index (χ1v) is 16.9. The summed E-state index contributed by atoms with van der Waals surface area (Å²) in [7, 11) is 0. The van der Waals surface area contributed by atoms with Gasteiger partial charge in [0.05, 0.1) is 8.22 Å². The van der Waals surface area contributed by atoms with Crippen LogP contribution < -0.4 is 0 Å². The van der Waals surface area contributed by atoms with Crippen molar-refractivity contribution in [3.8, 4) is 56.4 Å². The quantitative estimate of drug-likeness (QED) is 0.184. The fourth-order valence-electron chi connectivity index (χ4n) is 6.48. The molecule has 0 aliphatic carbocycles. The number of hydrogen-bond donors (Lipinski definition) is 0. The van der Waals surface area contributed by atoms with Crippen molar-refractivity contribution in [3.63, 3.8) is 0 Å². The van der Waals surface area contributed by atoms with Gasteiger partial charge in [0.1, 0.15) is 11.2 Å². The third-order valence-corrected chi connectivity index (χ3v) is 10.0. The Labute approximate surface area is 300 Å². The minimum absolute atomic E-state index is 0.0232. The Hall–Kier alpha value is -6.43. The molecule has 50 heavy (non-hydrogen) atoms. The molecule has 5 heteroatoms. The van der Waals surface area contributed by atoms with Crippen molar-refractivity contribution >= 4 is 53.4 Å². The van der Waals surface area contributed by atoms with Gasteiger partial charge in [-0.05, 0) is 40.9 Å². The second kappa shape index (κ2) is 11.6. The minimum atomic E-state index is -0.332. The van der Waals surface area contributed by atoms with E-state index in [0.717, 1.165) is 31.3 Å². The van der Waals surface area contributed by atoms with E-state index in [-0.39, 0.29) is 69.6 Å². The van der Waals surface area contributed by atoms with Gasteiger partial charge in [0.25, 0.3) is 0 Å². The first-order valence-electron chi connectivity index (χ1n) is 19.1. The first-order chi connectivity index (χ1) is 27.3. The van der Waals surface area contributed by atoms with Gasteiger partial charge in [-0.2, -0.15) is 0 Å². The van der Waals surface area contributed by atoms with Crippen molar-refractivity contribution in [1.29, 1.82) is 0 Å². The summed E-state index contributed by atoms with van der Waals surface area (Å²) in [6, 6.07) is 39.3. The molecule has 0 fully saturated rings. The molecule has 3 heterocycles. The van der Waals surface area contributed by atoms with Crippen molar-refractivity contribution in [1.82, 2.24) is 15.0 Å². The zero-order valence-electron chi connectivity index (χ0n) is 32.3. The molecule has 0 aliphatic heterocycles. The molecule has 0 unspecified atom stereocenters. The van der Waals surface area contributed by atoms with E-state index >= 15 is 0 Å². The van der Waals surface area contributed by atoms with E-state index in [1.807, 2.05) is 127 Å². The lowest BCUT2D eigenvalue weighted by atomic mass is 9.97. The molecule has 0 saturated heterocycles. The van der Waals surface area contributed by atoms with E-state index in [1.165, 1.54) is 0 Å². The lowest BCUT2D eigenvalue weighted by Crippen LogP contribution is -2.00. The Kier molecular flexibility index (Phi) is 5.35. The lowest BCUT2D eigenvalue weighted by molar-refractivity contribution is 0.670. The third-order valence-electron chi connectivity index (χ3n) is 8.87. The van der Waals surface area contributed by atoms with E-state index < -0.39 is 0 Å². The number of hydrogen-bond acceptors (Lipinski definition) is 5. The molecule has 0 atom stereocenters. The van der Waals surface area contributed by atoms with Crippen molar-refractivity contribution in [2.45, 2.75) is 0 Å². The number of aromatic nitrogens is 3. The van der Waals surface area contributed by atoms with Gasteiger partial charge in [-0.25, -0.2) is 15.0 Å². The largest absolute Gasteiger partial charge is 0.455 e. The molecule has 3 aromatic heterocycles. The van der Waals surface area contributed by atoms with Crippen molar-refractivity contribution in [2.24, 2.45) is 0 Å². The van der Waals surface area contributed by atoms with Gasteiger partial charge in [0.2, 0.25) is 0 Å². The van der Waals surface area contributed by atoms with Gasteiger partial charge in [0.15, 0.2) is 17.5 Å². The van der Waals surface area contributed by atoms with Crippen LogP contribution in [0, 0.1) is 0 Å². The lowest BCUT2D eigenvalue weighted by Gasteiger charge is -2.09. The highest BCUT2D eigenvalue weighted by Crippen LogP contribution is 2.43. The smallest absolute Gasteiger partial charge is 0.164 e. The van der Waals surface area contributed by atoms with Gasteiger partial charge in [-0.15, -0.1) is 11.3 Å². The van der Waals surface area contributed by atoms with Crippen molar-refractivity contribution in [2.75, 3.05) is 0 Å². The molecule has 10 aromatic rings. The molecule has 0 radical (unpaired) electrons. The van der Waals surface area contributed by atoms with Crippen molar-refractivity contribution < 1.29 is 12.6 Å². The zero-order chi connectivity index (χ0) is 38.2. The highest BCUT2D eigenvalue weighted by Gasteiger charge is 2.18. The standard InChI is InChI=1S/C45H27N3OS/c1-3-11-28(12-4-1)29-21-23-31(24-22-29)44-46-43(30-13-5-2-6-14-30)47-45(48-44)32-25-26-33-35-17-9-18-36(42(35)49-38(33)27-32)34-16-10-20-40-41(34)37-15-7-8-19-39(37)50-40/h1-27H/i9D,17D,18D,25D,26D,27D. The molecular weight excluding hydrogens is 631 g/mol. The maximum atomic E-state index is 9.54. The molecule has 7 aromatic carbocycles. The maximum absolute atomic E-state index is 9.54. The van der Waals surface area contributed by atoms with Gasteiger partial charge >= 0.3 is 0 Å². The Bertz CT molecular complexity index is 3200. The Morgan fingerprint density at radius 2 is 1.08 bits per heavy atom. The topological polar surface area (TPSA) is 51.8 Å². The van der Waals surface area contributed by atoms with Crippen LogP contribution in [0.25, 0.3) is 98.5 Å². The number of thiophene rings is 1. The number of rotatable bonds is 5. The van der Waals surface area contributed by atoms with Gasteiger partial charge in [0, 0.05) is 53.2 Å². The number of para-hydroxylation sites is 1. The second-order valence-electron chi connectivity index (χ2n) is 11.9. The number of nitrogens with zero attached hydrogens (tertiary/aromatic N) is 3. The van der Waals surface area contributed by atoms with Crippen LogP contribution in [0.15, 0.2) is 168 Å². The highest BCUT2D eigenvalue weighted by molar-refractivity contribution is 7.25. The van der Waals surface area contributed by atoms with E-state index in [1.54, 1.807) is 11.3 Å². The summed E-state index contributed by atoms with van der Waals surface area (Å²) < 4.78 is 63.8. The molecule has 0 amide bonds. The predicted octanol–water partition coefficient (Wildman–Crippen LogP) is 12.5. The van der Waals surface area contributed by atoms with Gasteiger partial charge in [-0.1, -0.05) is 139 Å². The first kappa shape index (κ1) is 23.0. The average Bonchev–Trinajstić information content (AvgIpc) is 3.83. The summed E-state index contributed by atoms with van der Waals surface area (Å²) >= 11 is 1.62. The maximum Gasteiger partial charge on any atom is 0.164 e. The highest BCUT2D eigenvalue weighted by atomic mass is 32.1. The summed E-state index contributed by atoms with van der Waals surface area (Å²) in [5, 5.41) is 2.06. The second-order valence-corrected chi connectivity index (χ2v) is 13.0. The Morgan fingerprint density at radius 1 is 0.460 bits per heavy atom. The van der Waals surface area contributed by atoms with Crippen LogP contribution in [0.5, 0.6) is 0 Å². The summed E-state index contributed by atoms with van der Waals surface area (Å²) in [5.74, 6) is 0.681. The molecule has 10 rings (SSSR count). The monoisotopic (exact) mass is 663 g/mol. The Morgan fingerprint density at radius 3 is 1.86 bits per heavy atom. The van der Waals surface area contributed by atoms with Crippen LogP contribution in [-0.4, -0.2) is 15.0 Å². The molecule has 0 saturated carbocycles. The van der Waals surface area contributed by atoms with Gasteiger partial charge in [-0.3, -0.25) is 0 Å². The van der Waals surface area contributed by atoms with E-state index in [0.29, 0.717) is 33.9 Å². The number of fused-ring (bicyclic) bond motifs is 6. The van der Waals surface area contributed by atoms with E-state index in [4.69, 9.17) is 23.5 Å². The molecule has 4 nitrogen and oxygen atoms in total. The summed E-state index contributed by atoms with van der Waals surface area (Å²) in [4.78, 5) is 14.4. The predicted molar refractivity (Wildman–Crippen MR) is 207 cm³/mol. The fraction of sp³-hybridized carbons (Fsp3) is 0. The normalized spacial score (nSPS) is 13.3. The minimum Gasteiger partial charge on any atom is -0.455 e. The summed E-state index contributed by atoms with van der Waals surface area (Å²) in [6.45, 7) is 0. The molecule has 0 bridgehead atoms. The number of benzene rings is 7. The van der Waals surface area contributed by atoms with E-state index in [2.05, 4.69) is 0 Å². The van der Waals surface area contributed by atoms with Crippen LogP contribution in [-0.2, 0) is 0 Å². The van der Waals surface area contributed by atoms with Crippen LogP contribution in [0.3, 0.4) is 0 Å². The van der Waals surface area contributed by atoms with Crippen LogP contribution in [0.4, 0.5) is 0 Å². The number of furan rings is 1. The average molecular weight is 664 g/mol. The third kappa shape index (κ3) is 4.79. The van der Waals surface area contributed by atoms with Gasteiger partial charge < -0.3 is 4.42 Å². The van der Waals surface area contributed by atoms with Crippen LogP contribution >= 0.6 is 11.3 Å². The summed E-state index contributed by atoms with van der Waals surface area (Å²) in [6.07, 6.45) is 0. The molecular formula is C45H27N3OS. The molecule has 0 aliphatic rings. The molecule has 0 spiro atoms. The van der Waals surface area contributed by atoms with Crippen LogP contribution in [0.1, 0.15) is 8.22 Å². The fourth-order valence-corrected chi connectivity index (χ4v) is 7.61.